The summed E-state index contributed by atoms with van der Waals surface area (Å²) in [6, 6.07) is 0. The van der Waals surface area contributed by atoms with Crippen LogP contribution in [0.4, 0.5) is 0 Å². The number of carbonyl (C=O) groups excluding carboxylic acids is 4. The predicted molar refractivity (Wildman–Crippen MR) is 80.8 cm³/mol. The molecule has 2 saturated heterocycles. The van der Waals surface area contributed by atoms with E-state index < -0.39 is 43.3 Å². The van der Waals surface area contributed by atoms with Crippen LogP contribution in [0.25, 0.3) is 0 Å². The first-order valence-corrected chi connectivity index (χ1v) is 8.31. The Labute approximate surface area is 144 Å². The van der Waals surface area contributed by atoms with Gasteiger partial charge in [0.25, 0.3) is 0 Å². The summed E-state index contributed by atoms with van der Waals surface area (Å²) in [4.78, 5) is 46.2. The summed E-state index contributed by atoms with van der Waals surface area (Å²) in [7, 11) is 0. The normalized spacial score (nSPS) is 32.3. The molecular formula is C17H20O8. The Morgan fingerprint density at radius 3 is 2.60 bits per heavy atom. The fourth-order valence-corrected chi connectivity index (χ4v) is 3.99. The highest BCUT2D eigenvalue weighted by molar-refractivity contribution is 5.84. The van der Waals surface area contributed by atoms with E-state index in [-0.39, 0.29) is 17.8 Å². The summed E-state index contributed by atoms with van der Waals surface area (Å²) in [5, 5.41) is 0. The lowest BCUT2D eigenvalue weighted by Crippen LogP contribution is -2.45. The third kappa shape index (κ3) is 4.00. The Balaban J connectivity index is 1.48. The van der Waals surface area contributed by atoms with Crippen molar-refractivity contribution in [1.82, 2.24) is 0 Å². The van der Waals surface area contributed by atoms with Gasteiger partial charge in [-0.1, -0.05) is 6.58 Å². The quantitative estimate of drug-likeness (QED) is 0.387. The van der Waals surface area contributed by atoms with E-state index >= 15 is 0 Å². The van der Waals surface area contributed by atoms with E-state index in [0.29, 0.717) is 18.8 Å². The van der Waals surface area contributed by atoms with Gasteiger partial charge in [-0.05, 0) is 31.6 Å². The van der Waals surface area contributed by atoms with Crippen molar-refractivity contribution in [3.05, 3.63) is 12.7 Å². The second-order valence-corrected chi connectivity index (χ2v) is 6.67. The number of hydrogen-bond donors (Lipinski definition) is 0. The van der Waals surface area contributed by atoms with Crippen molar-refractivity contribution in [2.45, 2.75) is 37.9 Å². The second kappa shape index (κ2) is 7.25. The fourth-order valence-electron chi connectivity index (χ4n) is 3.99. The summed E-state index contributed by atoms with van der Waals surface area (Å²) >= 11 is 0. The average Bonchev–Trinajstić information content (AvgIpc) is 2.75. The SMILES string of the molecule is C=CC(=O)OCC(=O)OCC(=O)OC1C2CC3CC(C2)C(=O)OC1C3. The van der Waals surface area contributed by atoms with Gasteiger partial charge < -0.3 is 18.9 Å². The van der Waals surface area contributed by atoms with Gasteiger partial charge in [0.1, 0.15) is 12.2 Å². The van der Waals surface area contributed by atoms with Gasteiger partial charge in [-0.15, -0.1) is 0 Å². The zero-order chi connectivity index (χ0) is 18.0. The first-order valence-electron chi connectivity index (χ1n) is 8.31. The van der Waals surface area contributed by atoms with Crippen LogP contribution in [0, 0.1) is 17.8 Å². The van der Waals surface area contributed by atoms with Crippen molar-refractivity contribution in [3.63, 3.8) is 0 Å². The molecule has 0 radical (unpaired) electrons. The molecular weight excluding hydrogens is 332 g/mol. The summed E-state index contributed by atoms with van der Waals surface area (Å²) in [5.74, 6) is -2.10. The molecule has 4 bridgehead atoms. The van der Waals surface area contributed by atoms with Crippen LogP contribution in [-0.2, 0) is 38.1 Å². The van der Waals surface area contributed by atoms with Gasteiger partial charge in [0.15, 0.2) is 13.2 Å². The topological polar surface area (TPSA) is 105 Å². The van der Waals surface area contributed by atoms with Gasteiger partial charge in [0.2, 0.25) is 0 Å². The molecule has 0 aromatic rings. The molecule has 4 rings (SSSR count). The molecule has 8 nitrogen and oxygen atoms in total. The fraction of sp³-hybridized carbons (Fsp3) is 0.647. The van der Waals surface area contributed by atoms with E-state index in [1.165, 1.54) is 0 Å². The number of fused-ring (bicyclic) bond motifs is 1. The molecule has 8 heteroatoms. The van der Waals surface area contributed by atoms with Gasteiger partial charge in [-0.25, -0.2) is 14.4 Å². The molecule has 0 amide bonds. The minimum absolute atomic E-state index is 0.0992. The van der Waals surface area contributed by atoms with E-state index in [4.69, 9.17) is 14.2 Å². The van der Waals surface area contributed by atoms with Crippen LogP contribution in [0.5, 0.6) is 0 Å². The molecule has 2 aliphatic heterocycles. The molecule has 4 aliphatic rings. The molecule has 4 fully saturated rings. The smallest absolute Gasteiger partial charge is 0.344 e. The minimum atomic E-state index is -0.860. The first kappa shape index (κ1) is 17.4. The van der Waals surface area contributed by atoms with Crippen molar-refractivity contribution < 1.29 is 38.1 Å². The van der Waals surface area contributed by atoms with E-state index in [2.05, 4.69) is 11.3 Å². The lowest BCUT2D eigenvalue weighted by Gasteiger charge is -2.41. The van der Waals surface area contributed by atoms with E-state index in [0.717, 1.165) is 18.9 Å². The minimum Gasteiger partial charge on any atom is -0.458 e. The van der Waals surface area contributed by atoms with Crippen LogP contribution in [0.2, 0.25) is 0 Å². The highest BCUT2D eigenvalue weighted by Gasteiger charge is 2.51. The molecule has 0 spiro atoms. The lowest BCUT2D eigenvalue weighted by molar-refractivity contribution is -0.179. The maximum Gasteiger partial charge on any atom is 0.344 e. The Morgan fingerprint density at radius 2 is 1.84 bits per heavy atom. The van der Waals surface area contributed by atoms with Crippen molar-refractivity contribution >= 4 is 23.9 Å². The van der Waals surface area contributed by atoms with E-state index in [1.54, 1.807) is 0 Å². The number of carbonyl (C=O) groups is 4. The monoisotopic (exact) mass is 352 g/mol. The number of rotatable bonds is 6. The summed E-state index contributed by atoms with van der Waals surface area (Å²) in [6.45, 7) is 2.00. The molecule has 2 heterocycles. The molecule has 0 N–H and O–H groups in total. The van der Waals surface area contributed by atoms with Crippen LogP contribution >= 0.6 is 0 Å². The Kier molecular flexibility index (Phi) is 5.06. The van der Waals surface area contributed by atoms with Crippen molar-refractivity contribution in [2.24, 2.45) is 17.8 Å². The van der Waals surface area contributed by atoms with Crippen molar-refractivity contribution in [1.29, 1.82) is 0 Å². The van der Waals surface area contributed by atoms with Crippen LogP contribution in [0.15, 0.2) is 12.7 Å². The molecule has 25 heavy (non-hydrogen) atoms. The van der Waals surface area contributed by atoms with Gasteiger partial charge in [-0.3, -0.25) is 4.79 Å². The van der Waals surface area contributed by atoms with Crippen LogP contribution in [0.3, 0.4) is 0 Å². The Hall–Kier alpha value is -2.38. The van der Waals surface area contributed by atoms with Crippen LogP contribution < -0.4 is 0 Å². The van der Waals surface area contributed by atoms with E-state index in [9.17, 15) is 19.2 Å². The van der Waals surface area contributed by atoms with Crippen molar-refractivity contribution in [3.8, 4) is 0 Å². The number of esters is 4. The zero-order valence-corrected chi connectivity index (χ0v) is 13.7. The van der Waals surface area contributed by atoms with Crippen molar-refractivity contribution in [2.75, 3.05) is 13.2 Å². The predicted octanol–water partition coefficient (Wildman–Crippen LogP) is 0.532. The summed E-state index contributed by atoms with van der Waals surface area (Å²) in [5.41, 5.74) is 0. The second-order valence-electron chi connectivity index (χ2n) is 6.67. The van der Waals surface area contributed by atoms with E-state index in [1.807, 2.05) is 0 Å². The number of hydrogen-bond acceptors (Lipinski definition) is 8. The summed E-state index contributed by atoms with van der Waals surface area (Å²) in [6.07, 6.45) is 3.15. The third-order valence-corrected chi connectivity index (χ3v) is 4.96. The molecule has 0 aromatic heterocycles. The largest absolute Gasteiger partial charge is 0.458 e. The number of ether oxygens (including phenoxy) is 4. The highest BCUT2D eigenvalue weighted by atomic mass is 16.6. The zero-order valence-electron chi connectivity index (χ0n) is 13.7. The maximum absolute atomic E-state index is 12.0. The Morgan fingerprint density at radius 1 is 1.08 bits per heavy atom. The van der Waals surface area contributed by atoms with Crippen LogP contribution in [0.1, 0.15) is 25.7 Å². The molecule has 2 aliphatic carbocycles. The highest BCUT2D eigenvalue weighted by Crippen LogP contribution is 2.48. The Bertz CT molecular complexity index is 597. The average molecular weight is 352 g/mol. The third-order valence-electron chi connectivity index (χ3n) is 4.96. The van der Waals surface area contributed by atoms with Gasteiger partial charge >= 0.3 is 23.9 Å². The van der Waals surface area contributed by atoms with Gasteiger partial charge in [0.05, 0.1) is 5.92 Å². The lowest BCUT2D eigenvalue weighted by atomic mass is 9.67. The molecule has 0 aromatic carbocycles. The molecule has 5 unspecified atom stereocenters. The standard InChI is InChI=1S/C17H20O8/c1-2-13(18)22-7-14(19)23-8-15(20)25-16-10-3-9-4-11(6-10)17(21)24-12(16)5-9/h2,9-12,16H,1,3-8H2. The first-order chi connectivity index (χ1) is 12.0. The molecule has 2 saturated carbocycles. The molecule has 5 atom stereocenters. The maximum atomic E-state index is 12.0. The van der Waals surface area contributed by atoms with Gasteiger partial charge in [-0.2, -0.15) is 0 Å². The van der Waals surface area contributed by atoms with Crippen LogP contribution in [-0.4, -0.2) is 49.3 Å². The summed E-state index contributed by atoms with van der Waals surface area (Å²) < 4.78 is 20.1. The van der Waals surface area contributed by atoms with Gasteiger partial charge in [0, 0.05) is 12.0 Å². The molecule has 136 valence electrons.